The van der Waals surface area contributed by atoms with E-state index in [0.717, 1.165) is 10.5 Å². The van der Waals surface area contributed by atoms with Gasteiger partial charge >= 0.3 is 0 Å². The Morgan fingerprint density at radius 3 is 2.89 bits per heavy atom. The van der Waals surface area contributed by atoms with Gasteiger partial charge in [-0.3, -0.25) is 4.79 Å². The van der Waals surface area contributed by atoms with E-state index < -0.39 is 0 Å². The van der Waals surface area contributed by atoms with Crippen LogP contribution in [0.5, 0.6) is 0 Å². The summed E-state index contributed by atoms with van der Waals surface area (Å²) in [5, 5.41) is 4.61. The van der Waals surface area contributed by atoms with E-state index in [1.54, 1.807) is 12.1 Å². The largest absolute Gasteiger partial charge is 0.351 e. The van der Waals surface area contributed by atoms with E-state index in [0.29, 0.717) is 17.8 Å². The van der Waals surface area contributed by atoms with Gasteiger partial charge in [-0.25, -0.2) is 4.39 Å². The fourth-order valence-corrected chi connectivity index (χ4v) is 2.61. The first-order chi connectivity index (χ1) is 8.65. The molecule has 0 bridgehead atoms. The molecular formula is C13H12FNOS2. The first-order valence-electron chi connectivity index (χ1n) is 5.45. The molecule has 0 spiro atoms. The maximum absolute atomic E-state index is 12.9. The van der Waals surface area contributed by atoms with Gasteiger partial charge in [0.1, 0.15) is 5.82 Å². The van der Waals surface area contributed by atoms with Gasteiger partial charge in [0.15, 0.2) is 0 Å². The zero-order valence-corrected chi connectivity index (χ0v) is 11.2. The van der Waals surface area contributed by atoms with E-state index in [1.807, 2.05) is 11.4 Å². The second kappa shape index (κ2) is 6.02. The number of amides is 1. The molecule has 0 aliphatic rings. The lowest BCUT2D eigenvalue weighted by atomic mass is 10.1. The second-order valence-electron chi connectivity index (χ2n) is 3.80. The Morgan fingerprint density at radius 1 is 1.39 bits per heavy atom. The fraction of sp³-hybridized carbons (Fsp3) is 0.154. The van der Waals surface area contributed by atoms with E-state index >= 15 is 0 Å². The molecule has 0 radical (unpaired) electrons. The van der Waals surface area contributed by atoms with Crippen molar-refractivity contribution >= 4 is 29.9 Å². The monoisotopic (exact) mass is 281 g/mol. The lowest BCUT2D eigenvalue weighted by molar-refractivity contribution is 0.0958. The van der Waals surface area contributed by atoms with Gasteiger partial charge in [0.05, 0.1) is 4.88 Å². The number of benzene rings is 1. The van der Waals surface area contributed by atoms with Crippen LogP contribution in [0.3, 0.4) is 0 Å². The number of thiophene rings is 1. The average molecular weight is 281 g/mol. The summed E-state index contributed by atoms with van der Waals surface area (Å²) in [6.45, 7) is 0.488. The van der Waals surface area contributed by atoms with Crippen molar-refractivity contribution in [1.82, 2.24) is 5.32 Å². The minimum absolute atomic E-state index is 0.114. The number of carbonyl (C=O) groups excluding carboxylic acids is 1. The van der Waals surface area contributed by atoms with E-state index in [-0.39, 0.29) is 11.7 Å². The number of halogens is 1. The van der Waals surface area contributed by atoms with Crippen molar-refractivity contribution in [1.29, 1.82) is 0 Å². The van der Waals surface area contributed by atoms with Crippen LogP contribution in [0.1, 0.15) is 15.2 Å². The van der Waals surface area contributed by atoms with Gasteiger partial charge < -0.3 is 5.32 Å². The molecule has 94 valence electrons. The Labute approximate surface area is 114 Å². The molecule has 2 rings (SSSR count). The van der Waals surface area contributed by atoms with Crippen LogP contribution in [-0.4, -0.2) is 12.5 Å². The zero-order chi connectivity index (χ0) is 13.0. The number of thiol groups is 1. The molecule has 1 aromatic carbocycles. The molecule has 2 aromatic rings. The van der Waals surface area contributed by atoms with Gasteiger partial charge in [-0.1, -0.05) is 12.1 Å². The third kappa shape index (κ3) is 3.58. The van der Waals surface area contributed by atoms with E-state index in [1.165, 1.54) is 23.5 Å². The predicted molar refractivity (Wildman–Crippen MR) is 74.0 cm³/mol. The molecule has 1 N–H and O–H groups in total. The second-order valence-corrected chi connectivity index (χ2v) is 5.23. The van der Waals surface area contributed by atoms with Gasteiger partial charge in [-0.15, -0.1) is 24.0 Å². The Morgan fingerprint density at radius 2 is 2.22 bits per heavy atom. The highest BCUT2D eigenvalue weighted by atomic mass is 32.1. The summed E-state index contributed by atoms with van der Waals surface area (Å²) in [6.07, 6.45) is 0.614. The van der Waals surface area contributed by atoms with Gasteiger partial charge in [0.2, 0.25) is 0 Å². The Kier molecular flexibility index (Phi) is 4.38. The van der Waals surface area contributed by atoms with Crippen LogP contribution in [-0.2, 0) is 6.42 Å². The molecule has 1 aromatic heterocycles. The molecule has 0 saturated carbocycles. The van der Waals surface area contributed by atoms with E-state index in [4.69, 9.17) is 0 Å². The number of hydrogen-bond donors (Lipinski definition) is 2. The maximum atomic E-state index is 12.9. The highest BCUT2D eigenvalue weighted by Crippen LogP contribution is 2.17. The molecule has 5 heteroatoms. The molecule has 2 nitrogen and oxygen atoms in total. The summed E-state index contributed by atoms with van der Waals surface area (Å²) in [6, 6.07) is 8.11. The van der Waals surface area contributed by atoms with Crippen LogP contribution >= 0.6 is 24.0 Å². The van der Waals surface area contributed by atoms with Crippen molar-refractivity contribution in [3.05, 3.63) is 52.0 Å². The van der Waals surface area contributed by atoms with Crippen LogP contribution in [0, 0.1) is 5.82 Å². The summed E-state index contributed by atoms with van der Waals surface area (Å²) in [7, 11) is 0. The first kappa shape index (κ1) is 13.1. The van der Waals surface area contributed by atoms with Crippen LogP contribution < -0.4 is 5.32 Å². The number of hydrogen-bond acceptors (Lipinski definition) is 3. The normalized spacial score (nSPS) is 10.3. The van der Waals surface area contributed by atoms with E-state index in [2.05, 4.69) is 17.9 Å². The highest BCUT2D eigenvalue weighted by molar-refractivity contribution is 7.80. The van der Waals surface area contributed by atoms with Gasteiger partial charge in [0, 0.05) is 16.8 Å². The summed E-state index contributed by atoms with van der Waals surface area (Å²) in [4.78, 5) is 13.1. The number of nitrogens with one attached hydrogen (secondary N) is 1. The summed E-state index contributed by atoms with van der Waals surface area (Å²) in [5.41, 5.74) is 0.872. The van der Waals surface area contributed by atoms with Crippen molar-refractivity contribution in [3.8, 4) is 0 Å². The molecule has 0 fully saturated rings. The summed E-state index contributed by atoms with van der Waals surface area (Å²) >= 11 is 5.51. The Bertz CT molecular complexity index is 553. The fourth-order valence-electron chi connectivity index (χ4n) is 1.55. The third-order valence-electron chi connectivity index (χ3n) is 2.40. The Hall–Kier alpha value is -1.33. The smallest absolute Gasteiger partial charge is 0.261 e. The van der Waals surface area contributed by atoms with Gasteiger partial charge in [-0.2, -0.15) is 0 Å². The molecule has 0 aliphatic heterocycles. The molecule has 0 unspecified atom stereocenters. The highest BCUT2D eigenvalue weighted by Gasteiger charge is 2.07. The maximum Gasteiger partial charge on any atom is 0.261 e. The van der Waals surface area contributed by atoms with E-state index in [9.17, 15) is 9.18 Å². The van der Waals surface area contributed by atoms with Crippen molar-refractivity contribution in [2.24, 2.45) is 0 Å². The molecule has 0 aliphatic carbocycles. The van der Waals surface area contributed by atoms with Crippen LogP contribution in [0.15, 0.2) is 40.6 Å². The average Bonchev–Trinajstić information content (AvgIpc) is 2.76. The molecule has 1 amide bonds. The zero-order valence-electron chi connectivity index (χ0n) is 9.52. The predicted octanol–water partition coefficient (Wildman–Crippen LogP) is 3.15. The standard InChI is InChI=1S/C13H12FNOS2/c14-10-3-1-2-9(6-10)4-5-15-13(16)12-7-11(17)8-18-12/h1-3,6-8,17H,4-5H2,(H,15,16). The summed E-state index contributed by atoms with van der Waals surface area (Å²) < 4.78 is 12.9. The molecule has 1 heterocycles. The molecular weight excluding hydrogens is 269 g/mol. The van der Waals surface area contributed by atoms with Crippen molar-refractivity contribution in [2.75, 3.05) is 6.54 Å². The van der Waals surface area contributed by atoms with Crippen molar-refractivity contribution in [3.63, 3.8) is 0 Å². The molecule has 0 atom stereocenters. The number of rotatable bonds is 4. The SMILES string of the molecule is O=C(NCCc1cccc(F)c1)c1cc(S)cs1. The molecule has 0 saturated heterocycles. The van der Waals surface area contributed by atoms with Crippen LogP contribution in [0.2, 0.25) is 0 Å². The Balaban J connectivity index is 1.84. The first-order valence-corrected chi connectivity index (χ1v) is 6.78. The van der Waals surface area contributed by atoms with Gasteiger partial charge in [0.25, 0.3) is 5.91 Å². The minimum atomic E-state index is -0.253. The van der Waals surface area contributed by atoms with Crippen LogP contribution in [0.4, 0.5) is 4.39 Å². The lowest BCUT2D eigenvalue weighted by Gasteiger charge is -2.03. The number of carbonyl (C=O) groups is 1. The lowest BCUT2D eigenvalue weighted by Crippen LogP contribution is -2.24. The third-order valence-corrected chi connectivity index (χ3v) is 3.76. The molecule has 18 heavy (non-hydrogen) atoms. The van der Waals surface area contributed by atoms with Crippen molar-refractivity contribution < 1.29 is 9.18 Å². The minimum Gasteiger partial charge on any atom is -0.351 e. The topological polar surface area (TPSA) is 29.1 Å². The van der Waals surface area contributed by atoms with Gasteiger partial charge in [-0.05, 0) is 30.2 Å². The quantitative estimate of drug-likeness (QED) is 0.828. The van der Waals surface area contributed by atoms with Crippen LogP contribution in [0.25, 0.3) is 0 Å². The van der Waals surface area contributed by atoms with Crippen molar-refractivity contribution in [2.45, 2.75) is 11.3 Å². The summed E-state index contributed by atoms with van der Waals surface area (Å²) in [5.74, 6) is -0.367.